The van der Waals surface area contributed by atoms with Crippen LogP contribution in [0.5, 0.6) is 5.75 Å². The van der Waals surface area contributed by atoms with Gasteiger partial charge in [0.2, 0.25) is 0 Å². The normalized spacial score (nSPS) is 19.0. The molecule has 1 aromatic carbocycles. The van der Waals surface area contributed by atoms with Crippen LogP contribution < -0.4 is 10.1 Å². The van der Waals surface area contributed by atoms with Crippen LogP contribution in [-0.2, 0) is 11.3 Å². The van der Waals surface area contributed by atoms with Crippen LogP contribution in [0.15, 0.2) is 24.3 Å². The van der Waals surface area contributed by atoms with E-state index in [2.05, 4.69) is 31.3 Å². The second-order valence-electron chi connectivity index (χ2n) is 5.47. The minimum Gasteiger partial charge on any atom is -0.491 e. The average molecular weight is 263 g/mol. The summed E-state index contributed by atoms with van der Waals surface area (Å²) in [7, 11) is 0. The molecule has 0 aliphatic carbocycles. The number of hydrogen-bond donors (Lipinski definition) is 1. The molecule has 3 nitrogen and oxygen atoms in total. The summed E-state index contributed by atoms with van der Waals surface area (Å²) in [5.74, 6) is 1.74. The van der Waals surface area contributed by atoms with E-state index in [0.717, 1.165) is 38.0 Å². The Hall–Kier alpha value is -1.06. The molecule has 0 aromatic heterocycles. The van der Waals surface area contributed by atoms with Crippen molar-refractivity contribution in [2.75, 3.05) is 19.8 Å². The Morgan fingerprint density at radius 1 is 1.37 bits per heavy atom. The van der Waals surface area contributed by atoms with Crippen LogP contribution in [0, 0.1) is 5.92 Å². The number of ether oxygens (including phenoxy) is 2. The maximum Gasteiger partial charge on any atom is 0.124 e. The zero-order chi connectivity index (χ0) is 13.5. The third-order valence-corrected chi connectivity index (χ3v) is 3.40. The molecule has 1 aliphatic rings. The maximum absolute atomic E-state index is 5.82. The Morgan fingerprint density at radius 3 is 2.95 bits per heavy atom. The van der Waals surface area contributed by atoms with Gasteiger partial charge in [0.15, 0.2) is 0 Å². The SMILES string of the molecule is CC(C)Oc1ccccc1CNCCC1CCOC1. The molecule has 1 atom stereocenters. The van der Waals surface area contributed by atoms with Crippen molar-refractivity contribution in [1.29, 1.82) is 0 Å². The van der Waals surface area contributed by atoms with E-state index in [-0.39, 0.29) is 6.10 Å². The van der Waals surface area contributed by atoms with Gasteiger partial charge in [0, 0.05) is 25.3 Å². The number of rotatable bonds is 7. The summed E-state index contributed by atoms with van der Waals surface area (Å²) in [6.07, 6.45) is 2.64. The van der Waals surface area contributed by atoms with Crippen LogP contribution >= 0.6 is 0 Å². The van der Waals surface area contributed by atoms with E-state index in [1.807, 2.05) is 12.1 Å². The van der Waals surface area contributed by atoms with Crippen LogP contribution in [0.1, 0.15) is 32.3 Å². The number of nitrogens with one attached hydrogen (secondary N) is 1. The molecule has 0 amide bonds. The summed E-state index contributed by atoms with van der Waals surface area (Å²) in [5, 5.41) is 3.51. The van der Waals surface area contributed by atoms with Crippen molar-refractivity contribution >= 4 is 0 Å². The van der Waals surface area contributed by atoms with Gasteiger partial charge in [0.25, 0.3) is 0 Å². The van der Waals surface area contributed by atoms with Crippen LogP contribution in [0.3, 0.4) is 0 Å². The average Bonchev–Trinajstić information content (AvgIpc) is 2.89. The van der Waals surface area contributed by atoms with E-state index in [0.29, 0.717) is 0 Å². The van der Waals surface area contributed by atoms with Crippen LogP contribution in [-0.4, -0.2) is 25.9 Å². The molecular weight excluding hydrogens is 238 g/mol. The monoisotopic (exact) mass is 263 g/mol. The van der Waals surface area contributed by atoms with Gasteiger partial charge in [-0.25, -0.2) is 0 Å². The standard InChI is InChI=1S/C16H25NO2/c1-13(2)19-16-6-4-3-5-15(16)11-17-9-7-14-8-10-18-12-14/h3-6,13-14,17H,7-12H2,1-2H3. The molecule has 1 aromatic rings. The number of para-hydroxylation sites is 1. The topological polar surface area (TPSA) is 30.5 Å². The first-order valence-electron chi connectivity index (χ1n) is 7.28. The largest absolute Gasteiger partial charge is 0.491 e. The molecule has 0 saturated carbocycles. The van der Waals surface area contributed by atoms with Crippen molar-refractivity contribution in [3.63, 3.8) is 0 Å². The van der Waals surface area contributed by atoms with Crippen LogP contribution in [0.4, 0.5) is 0 Å². The Bertz CT molecular complexity index is 373. The highest BCUT2D eigenvalue weighted by molar-refractivity contribution is 5.33. The summed E-state index contributed by atoms with van der Waals surface area (Å²) in [5.41, 5.74) is 1.24. The van der Waals surface area contributed by atoms with E-state index in [4.69, 9.17) is 9.47 Å². The molecule has 1 heterocycles. The summed E-state index contributed by atoms with van der Waals surface area (Å²) in [6, 6.07) is 8.26. The predicted octanol–water partition coefficient (Wildman–Crippen LogP) is 2.99. The van der Waals surface area contributed by atoms with Gasteiger partial charge in [-0.3, -0.25) is 0 Å². The molecule has 2 rings (SSSR count). The van der Waals surface area contributed by atoms with Gasteiger partial charge in [-0.15, -0.1) is 0 Å². The molecule has 0 radical (unpaired) electrons. The third-order valence-electron chi connectivity index (χ3n) is 3.40. The van der Waals surface area contributed by atoms with Gasteiger partial charge in [-0.05, 0) is 45.2 Å². The molecule has 106 valence electrons. The number of benzene rings is 1. The van der Waals surface area contributed by atoms with E-state index in [1.165, 1.54) is 18.4 Å². The predicted molar refractivity (Wildman–Crippen MR) is 77.5 cm³/mol. The van der Waals surface area contributed by atoms with Gasteiger partial charge < -0.3 is 14.8 Å². The molecule has 3 heteroatoms. The first-order chi connectivity index (χ1) is 9.25. The number of hydrogen-bond acceptors (Lipinski definition) is 3. The van der Waals surface area contributed by atoms with E-state index in [9.17, 15) is 0 Å². The lowest BCUT2D eigenvalue weighted by Gasteiger charge is -2.15. The smallest absolute Gasteiger partial charge is 0.124 e. The van der Waals surface area contributed by atoms with Crippen molar-refractivity contribution in [3.05, 3.63) is 29.8 Å². The van der Waals surface area contributed by atoms with Crippen molar-refractivity contribution in [1.82, 2.24) is 5.32 Å². The fourth-order valence-corrected chi connectivity index (χ4v) is 2.36. The van der Waals surface area contributed by atoms with Crippen molar-refractivity contribution < 1.29 is 9.47 Å². The Balaban J connectivity index is 1.75. The minimum atomic E-state index is 0.219. The van der Waals surface area contributed by atoms with E-state index >= 15 is 0 Å². The highest BCUT2D eigenvalue weighted by atomic mass is 16.5. The summed E-state index contributed by atoms with van der Waals surface area (Å²) in [6.45, 7) is 7.92. The van der Waals surface area contributed by atoms with Gasteiger partial charge in [0.05, 0.1) is 6.10 Å². The zero-order valence-electron chi connectivity index (χ0n) is 12.0. The van der Waals surface area contributed by atoms with Gasteiger partial charge >= 0.3 is 0 Å². The highest BCUT2D eigenvalue weighted by Crippen LogP contribution is 2.19. The molecule has 0 spiro atoms. The summed E-state index contributed by atoms with van der Waals surface area (Å²) in [4.78, 5) is 0. The molecule has 1 unspecified atom stereocenters. The fraction of sp³-hybridized carbons (Fsp3) is 0.625. The Morgan fingerprint density at radius 2 is 2.21 bits per heavy atom. The zero-order valence-corrected chi connectivity index (χ0v) is 12.0. The summed E-state index contributed by atoms with van der Waals surface area (Å²) < 4.78 is 11.2. The molecule has 19 heavy (non-hydrogen) atoms. The lowest BCUT2D eigenvalue weighted by atomic mass is 10.1. The lowest BCUT2D eigenvalue weighted by Crippen LogP contribution is -2.19. The summed E-state index contributed by atoms with van der Waals surface area (Å²) >= 11 is 0. The first-order valence-corrected chi connectivity index (χ1v) is 7.28. The van der Waals surface area contributed by atoms with Gasteiger partial charge in [0.1, 0.15) is 5.75 Å². The molecule has 1 N–H and O–H groups in total. The van der Waals surface area contributed by atoms with Crippen molar-refractivity contribution in [2.24, 2.45) is 5.92 Å². The van der Waals surface area contributed by atoms with Crippen molar-refractivity contribution in [3.8, 4) is 5.75 Å². The molecule has 1 aliphatic heterocycles. The third kappa shape index (κ3) is 4.84. The van der Waals surface area contributed by atoms with Gasteiger partial charge in [-0.2, -0.15) is 0 Å². The van der Waals surface area contributed by atoms with E-state index in [1.54, 1.807) is 0 Å². The molecular formula is C16H25NO2. The Kier molecular flexibility index (Phi) is 5.67. The van der Waals surface area contributed by atoms with Crippen LogP contribution in [0.2, 0.25) is 0 Å². The van der Waals surface area contributed by atoms with E-state index < -0.39 is 0 Å². The second kappa shape index (κ2) is 7.51. The molecule has 1 fully saturated rings. The molecule has 0 bridgehead atoms. The fourth-order valence-electron chi connectivity index (χ4n) is 2.36. The second-order valence-corrected chi connectivity index (χ2v) is 5.47. The van der Waals surface area contributed by atoms with Crippen LogP contribution in [0.25, 0.3) is 0 Å². The first kappa shape index (κ1) is 14.4. The lowest BCUT2D eigenvalue weighted by molar-refractivity contribution is 0.184. The van der Waals surface area contributed by atoms with Crippen molar-refractivity contribution in [2.45, 2.75) is 39.3 Å². The maximum atomic E-state index is 5.82. The van der Waals surface area contributed by atoms with Gasteiger partial charge in [-0.1, -0.05) is 18.2 Å². The minimum absolute atomic E-state index is 0.219. The Labute approximate surface area is 116 Å². The highest BCUT2D eigenvalue weighted by Gasteiger charge is 2.14. The molecule has 1 saturated heterocycles. The quantitative estimate of drug-likeness (QED) is 0.767.